The first kappa shape index (κ1) is 16.0. The molecule has 0 spiro atoms. The molecular weight excluding hydrogens is 351 g/mol. The second-order valence-electron chi connectivity index (χ2n) is 3.36. The van der Waals surface area contributed by atoms with Crippen molar-refractivity contribution in [3.8, 4) is 5.75 Å². The first-order chi connectivity index (χ1) is 8.60. The summed E-state index contributed by atoms with van der Waals surface area (Å²) < 4.78 is 65.4. The monoisotopic (exact) mass is 359 g/mol. The molecule has 1 aromatic rings. The van der Waals surface area contributed by atoms with Crippen molar-refractivity contribution in [2.24, 2.45) is 0 Å². The quantitative estimate of drug-likeness (QED) is 0.879. The van der Waals surface area contributed by atoms with Crippen LogP contribution in [0.4, 0.5) is 13.2 Å². The van der Waals surface area contributed by atoms with Gasteiger partial charge in [-0.05, 0) is 24.3 Å². The number of halogens is 4. The molecule has 0 fully saturated rings. The third-order valence-electron chi connectivity index (χ3n) is 1.82. The normalized spacial score (nSPS) is 12.2. The number of hydrogen-bond acceptors (Lipinski definition) is 3. The molecule has 4 nitrogen and oxygen atoms in total. The molecule has 1 aromatic carbocycles. The number of rotatable bonds is 5. The molecule has 0 unspecified atom stereocenters. The van der Waals surface area contributed by atoms with Crippen LogP contribution in [0.2, 0.25) is 0 Å². The molecule has 0 aromatic heterocycles. The first-order valence-electron chi connectivity index (χ1n) is 4.79. The fraction of sp³-hybridized carbons (Fsp3) is 0.200. The lowest BCUT2D eigenvalue weighted by Gasteiger charge is -2.10. The predicted molar refractivity (Wildman–Crippen MR) is 66.4 cm³/mol. The van der Waals surface area contributed by atoms with Crippen molar-refractivity contribution in [1.29, 1.82) is 0 Å². The number of nitrogens with one attached hydrogen (secondary N) is 1. The Morgan fingerprint density at radius 3 is 2.26 bits per heavy atom. The average molecular weight is 360 g/mol. The maximum absolute atomic E-state index is 11.9. The molecule has 0 atom stereocenters. The van der Waals surface area contributed by atoms with Crippen LogP contribution < -0.4 is 9.46 Å². The van der Waals surface area contributed by atoms with E-state index in [1.165, 1.54) is 0 Å². The third kappa shape index (κ3) is 5.62. The van der Waals surface area contributed by atoms with Gasteiger partial charge in [-0.1, -0.05) is 22.5 Å². The van der Waals surface area contributed by atoms with Crippen LogP contribution in [0.1, 0.15) is 0 Å². The summed E-state index contributed by atoms with van der Waals surface area (Å²) in [6.45, 7) is 3.43. The van der Waals surface area contributed by atoms with E-state index in [1.54, 1.807) is 0 Å². The lowest BCUT2D eigenvalue weighted by molar-refractivity contribution is -0.274. The van der Waals surface area contributed by atoms with Crippen LogP contribution in [0.3, 0.4) is 0 Å². The van der Waals surface area contributed by atoms with Gasteiger partial charge >= 0.3 is 6.36 Å². The molecule has 9 heteroatoms. The predicted octanol–water partition coefficient (Wildman–Crippen LogP) is 2.77. The third-order valence-corrected chi connectivity index (χ3v) is 3.52. The van der Waals surface area contributed by atoms with Crippen molar-refractivity contribution in [2.45, 2.75) is 11.3 Å². The van der Waals surface area contributed by atoms with Crippen LogP contribution in [0.15, 0.2) is 40.2 Å². The Morgan fingerprint density at radius 1 is 1.32 bits per heavy atom. The zero-order valence-electron chi connectivity index (χ0n) is 9.37. The van der Waals surface area contributed by atoms with Gasteiger partial charge in [-0.25, -0.2) is 13.1 Å². The Labute approximate surface area is 116 Å². The average Bonchev–Trinajstić information content (AvgIpc) is 2.25. The van der Waals surface area contributed by atoms with E-state index in [0.717, 1.165) is 24.3 Å². The highest BCUT2D eigenvalue weighted by atomic mass is 79.9. The molecule has 0 aliphatic heterocycles. The van der Waals surface area contributed by atoms with Crippen molar-refractivity contribution in [2.75, 3.05) is 6.54 Å². The van der Waals surface area contributed by atoms with Crippen molar-refractivity contribution in [3.63, 3.8) is 0 Å². The molecule has 0 amide bonds. The van der Waals surface area contributed by atoms with Crippen LogP contribution in [-0.2, 0) is 10.0 Å². The Hall–Kier alpha value is -1.06. The minimum absolute atomic E-state index is 0.0247. The van der Waals surface area contributed by atoms with Crippen LogP contribution in [0, 0.1) is 0 Å². The molecule has 0 aliphatic carbocycles. The Kier molecular flexibility index (Phi) is 4.99. The molecule has 19 heavy (non-hydrogen) atoms. The van der Waals surface area contributed by atoms with Gasteiger partial charge in [0.15, 0.2) is 0 Å². The summed E-state index contributed by atoms with van der Waals surface area (Å²) in [4.78, 5) is -0.171. The van der Waals surface area contributed by atoms with Gasteiger partial charge < -0.3 is 4.74 Å². The minimum atomic E-state index is -4.81. The van der Waals surface area contributed by atoms with Gasteiger partial charge in [0.05, 0.1) is 4.90 Å². The molecule has 0 aliphatic rings. The lowest BCUT2D eigenvalue weighted by Crippen LogP contribution is -2.24. The molecule has 0 saturated heterocycles. The van der Waals surface area contributed by atoms with Crippen LogP contribution in [0.5, 0.6) is 5.75 Å². The molecule has 0 bridgehead atoms. The van der Waals surface area contributed by atoms with Gasteiger partial charge in [-0.15, -0.1) is 13.2 Å². The molecule has 0 saturated carbocycles. The van der Waals surface area contributed by atoms with E-state index in [2.05, 4.69) is 32.0 Å². The van der Waals surface area contributed by atoms with Gasteiger partial charge in [-0.2, -0.15) is 0 Å². The van der Waals surface area contributed by atoms with Crippen molar-refractivity contribution in [3.05, 3.63) is 35.3 Å². The van der Waals surface area contributed by atoms with Gasteiger partial charge in [-0.3, -0.25) is 0 Å². The van der Waals surface area contributed by atoms with Crippen molar-refractivity contribution >= 4 is 26.0 Å². The number of alkyl halides is 3. The van der Waals surface area contributed by atoms with E-state index in [0.29, 0.717) is 4.48 Å². The smallest absolute Gasteiger partial charge is 0.406 e. The molecule has 0 radical (unpaired) electrons. The summed E-state index contributed by atoms with van der Waals surface area (Å²) in [5.41, 5.74) is 0. The highest BCUT2D eigenvalue weighted by Crippen LogP contribution is 2.23. The zero-order valence-corrected chi connectivity index (χ0v) is 11.8. The van der Waals surface area contributed by atoms with Crippen LogP contribution in [0.25, 0.3) is 0 Å². The van der Waals surface area contributed by atoms with E-state index in [1.807, 2.05) is 0 Å². The summed E-state index contributed by atoms with van der Waals surface area (Å²) in [5.74, 6) is -0.489. The SMILES string of the molecule is C=C(Br)CNS(=O)(=O)c1ccc(OC(F)(F)F)cc1. The van der Waals surface area contributed by atoms with E-state index in [-0.39, 0.29) is 11.4 Å². The summed E-state index contributed by atoms with van der Waals surface area (Å²) in [5, 5.41) is 0. The highest BCUT2D eigenvalue weighted by molar-refractivity contribution is 9.11. The maximum Gasteiger partial charge on any atom is 0.573 e. The summed E-state index contributed by atoms with van der Waals surface area (Å²) in [6, 6.07) is 3.87. The Morgan fingerprint density at radius 2 is 1.84 bits per heavy atom. The van der Waals surface area contributed by atoms with Crippen LogP contribution >= 0.6 is 15.9 Å². The number of hydrogen-bond donors (Lipinski definition) is 1. The first-order valence-corrected chi connectivity index (χ1v) is 7.06. The second kappa shape index (κ2) is 5.93. The lowest BCUT2D eigenvalue weighted by atomic mass is 10.3. The molecular formula is C10H9BrF3NO3S. The van der Waals surface area contributed by atoms with E-state index >= 15 is 0 Å². The van der Waals surface area contributed by atoms with Gasteiger partial charge in [0.25, 0.3) is 0 Å². The van der Waals surface area contributed by atoms with E-state index in [9.17, 15) is 21.6 Å². The summed E-state index contributed by atoms with van der Waals surface area (Å²) in [6.07, 6.45) is -4.81. The highest BCUT2D eigenvalue weighted by Gasteiger charge is 2.31. The van der Waals surface area contributed by atoms with Gasteiger partial charge in [0, 0.05) is 11.0 Å². The standard InChI is InChI=1S/C10H9BrF3NO3S/c1-7(11)6-15-19(16,17)9-4-2-8(3-5-9)18-10(12,13)14/h2-5,15H,1,6H2. The molecule has 106 valence electrons. The Balaban J connectivity index is 2.84. The minimum Gasteiger partial charge on any atom is -0.406 e. The Bertz CT molecular complexity index is 554. The zero-order chi connectivity index (χ0) is 14.7. The van der Waals surface area contributed by atoms with Crippen molar-refractivity contribution in [1.82, 2.24) is 4.72 Å². The number of ether oxygens (including phenoxy) is 1. The summed E-state index contributed by atoms with van der Waals surface area (Å²) >= 11 is 2.98. The fourth-order valence-electron chi connectivity index (χ4n) is 1.08. The van der Waals surface area contributed by atoms with Gasteiger partial charge in [0.2, 0.25) is 10.0 Å². The second-order valence-corrected chi connectivity index (χ2v) is 6.25. The fourth-order valence-corrected chi connectivity index (χ4v) is 2.43. The van der Waals surface area contributed by atoms with E-state index in [4.69, 9.17) is 0 Å². The maximum atomic E-state index is 11.9. The molecule has 1 N–H and O–H groups in total. The molecule has 0 heterocycles. The van der Waals surface area contributed by atoms with Crippen LogP contribution in [-0.4, -0.2) is 21.3 Å². The number of benzene rings is 1. The topological polar surface area (TPSA) is 55.4 Å². The summed E-state index contributed by atoms with van der Waals surface area (Å²) in [7, 11) is -3.79. The number of sulfonamides is 1. The van der Waals surface area contributed by atoms with Crippen molar-refractivity contribution < 1.29 is 26.3 Å². The largest absolute Gasteiger partial charge is 0.573 e. The molecule has 1 rings (SSSR count). The van der Waals surface area contributed by atoms with Gasteiger partial charge in [0.1, 0.15) is 5.75 Å². The van der Waals surface area contributed by atoms with E-state index < -0.39 is 22.1 Å².